The molecule has 8 heteroatoms. The van der Waals surface area contributed by atoms with Crippen molar-refractivity contribution in [1.82, 2.24) is 4.90 Å². The van der Waals surface area contributed by atoms with Gasteiger partial charge in [0.2, 0.25) is 0 Å². The molecule has 1 spiro atoms. The van der Waals surface area contributed by atoms with Crippen LogP contribution in [0, 0.1) is 11.8 Å². The van der Waals surface area contributed by atoms with Crippen LogP contribution in [0.5, 0.6) is 0 Å². The van der Waals surface area contributed by atoms with Gasteiger partial charge in [0, 0.05) is 37.0 Å². The number of anilines is 1. The van der Waals surface area contributed by atoms with Gasteiger partial charge in [0.25, 0.3) is 0 Å². The average Bonchev–Trinajstić information content (AvgIpc) is 3.03. The topological polar surface area (TPSA) is 85.4 Å². The number of nitrogens with zero attached hydrogens (tertiary/aromatic N) is 2. The minimum Gasteiger partial charge on any atom is -0.455 e. The van der Waals surface area contributed by atoms with E-state index in [1.165, 1.54) is 12.8 Å². The molecule has 0 radical (unpaired) electrons. The summed E-state index contributed by atoms with van der Waals surface area (Å²) in [4.78, 5) is 44.3. The van der Waals surface area contributed by atoms with Crippen molar-refractivity contribution in [2.75, 3.05) is 18.0 Å². The molecule has 8 nitrogen and oxygen atoms in total. The van der Waals surface area contributed by atoms with Crippen LogP contribution in [0.3, 0.4) is 0 Å². The maximum Gasteiger partial charge on any atom is 0.334 e. The van der Waals surface area contributed by atoms with Crippen LogP contribution in [0.1, 0.15) is 51.5 Å². The summed E-state index contributed by atoms with van der Waals surface area (Å²) in [6.07, 6.45) is 6.25. The van der Waals surface area contributed by atoms with E-state index >= 15 is 0 Å². The minimum absolute atomic E-state index is 0.0531. The molecule has 3 atom stereocenters. The monoisotopic (exact) mass is 558 g/mol. The van der Waals surface area contributed by atoms with Crippen molar-refractivity contribution in [3.8, 4) is 0 Å². The van der Waals surface area contributed by atoms with Crippen molar-refractivity contribution in [2.45, 2.75) is 76.0 Å². The third-order valence-electron chi connectivity index (χ3n) is 9.52. The first-order valence-electron chi connectivity index (χ1n) is 14.8. The van der Waals surface area contributed by atoms with E-state index in [2.05, 4.69) is 18.7 Å². The van der Waals surface area contributed by atoms with Crippen LogP contribution >= 0.6 is 0 Å². The van der Waals surface area contributed by atoms with Crippen LogP contribution in [0.25, 0.3) is 0 Å². The normalized spacial score (nSPS) is 32.9. The van der Waals surface area contributed by atoms with Crippen molar-refractivity contribution in [3.63, 3.8) is 0 Å². The van der Waals surface area contributed by atoms with E-state index in [1.54, 1.807) is 4.90 Å². The second-order valence-electron chi connectivity index (χ2n) is 12.0. The van der Waals surface area contributed by atoms with Gasteiger partial charge in [0.1, 0.15) is 6.10 Å². The Hall–Kier alpha value is -3.49. The predicted molar refractivity (Wildman–Crippen MR) is 153 cm³/mol. The molecule has 1 aliphatic carbocycles. The van der Waals surface area contributed by atoms with E-state index in [-0.39, 0.29) is 6.61 Å². The highest BCUT2D eigenvalue weighted by atomic mass is 16.7. The molecule has 3 aliphatic heterocycles. The van der Waals surface area contributed by atoms with Gasteiger partial charge in [-0.25, -0.2) is 9.59 Å². The molecule has 2 aromatic carbocycles. The lowest BCUT2D eigenvalue weighted by molar-refractivity contribution is -0.296. The average molecular weight is 559 g/mol. The molecule has 3 heterocycles. The molecule has 6 rings (SSSR count). The summed E-state index contributed by atoms with van der Waals surface area (Å²) in [5, 5.41) is 0. The zero-order valence-electron chi connectivity index (χ0n) is 23.7. The highest BCUT2D eigenvalue weighted by molar-refractivity contribution is 6.11. The van der Waals surface area contributed by atoms with Crippen LogP contribution in [0.15, 0.2) is 72.8 Å². The number of rotatable bonds is 6. The second-order valence-corrected chi connectivity index (χ2v) is 12.0. The fourth-order valence-electron chi connectivity index (χ4n) is 7.29. The highest BCUT2D eigenvalue weighted by Gasteiger charge is 2.81. The van der Waals surface area contributed by atoms with E-state index in [0.717, 1.165) is 36.5 Å². The van der Waals surface area contributed by atoms with Crippen molar-refractivity contribution in [2.24, 2.45) is 11.8 Å². The molecular weight excluding hydrogens is 520 g/mol. The molecule has 2 saturated heterocycles. The lowest BCUT2D eigenvalue weighted by Gasteiger charge is -2.66. The summed E-state index contributed by atoms with van der Waals surface area (Å²) < 4.78 is 18.5. The predicted octanol–water partition coefficient (Wildman–Crippen LogP) is 4.63. The molecule has 4 aliphatic rings. The van der Waals surface area contributed by atoms with Gasteiger partial charge >= 0.3 is 23.6 Å². The number of hydrogen-bond acceptors (Lipinski definition) is 7. The van der Waals surface area contributed by atoms with Crippen LogP contribution < -0.4 is 4.90 Å². The van der Waals surface area contributed by atoms with Gasteiger partial charge in [0.15, 0.2) is 5.54 Å². The molecule has 41 heavy (non-hydrogen) atoms. The van der Waals surface area contributed by atoms with Gasteiger partial charge < -0.3 is 14.2 Å². The number of para-hydroxylation sites is 1. The molecule has 0 bridgehead atoms. The SMILES string of the molecule is CC(C)C1CCC(N2CCC34C(C2)OC(=O)/C=C/C(=O)OC3(OCc2ccccc2)C(=O)N4c2ccccc2)CC1. The van der Waals surface area contributed by atoms with Crippen molar-refractivity contribution in [3.05, 3.63) is 78.4 Å². The molecule has 216 valence electrons. The molecule has 2 aromatic rings. The van der Waals surface area contributed by atoms with E-state index < -0.39 is 35.3 Å². The fraction of sp³-hybridized carbons (Fsp3) is 0.485. The Balaban J connectivity index is 1.39. The highest BCUT2D eigenvalue weighted by Crippen LogP contribution is 2.55. The zero-order chi connectivity index (χ0) is 28.6. The maximum absolute atomic E-state index is 14.2. The number of ether oxygens (including phenoxy) is 3. The van der Waals surface area contributed by atoms with Gasteiger partial charge in [-0.05, 0) is 61.6 Å². The molecule has 0 N–H and O–H groups in total. The third-order valence-corrected chi connectivity index (χ3v) is 9.52. The third kappa shape index (κ3) is 4.77. The van der Waals surface area contributed by atoms with Crippen molar-refractivity contribution < 1.29 is 28.6 Å². The number of β-lactam (4-membered cyclic amide) rings is 1. The van der Waals surface area contributed by atoms with Gasteiger partial charge in [-0.1, -0.05) is 62.4 Å². The van der Waals surface area contributed by atoms with Crippen LogP contribution in [-0.2, 0) is 35.2 Å². The Labute approximate surface area is 241 Å². The Morgan fingerprint density at radius 1 is 0.902 bits per heavy atom. The van der Waals surface area contributed by atoms with E-state index in [9.17, 15) is 14.4 Å². The Kier molecular flexibility index (Phi) is 7.47. The van der Waals surface area contributed by atoms with E-state index in [4.69, 9.17) is 14.2 Å². The number of piperidine rings is 1. The summed E-state index contributed by atoms with van der Waals surface area (Å²) in [5.74, 6) is -2.48. The van der Waals surface area contributed by atoms with Crippen LogP contribution in [0.4, 0.5) is 5.69 Å². The molecule has 0 aromatic heterocycles. The lowest BCUT2D eigenvalue weighted by atomic mass is 9.67. The Morgan fingerprint density at radius 3 is 2.24 bits per heavy atom. The number of hydrogen-bond donors (Lipinski definition) is 0. The smallest absolute Gasteiger partial charge is 0.334 e. The number of benzene rings is 2. The fourth-order valence-corrected chi connectivity index (χ4v) is 7.29. The Morgan fingerprint density at radius 2 is 1.56 bits per heavy atom. The van der Waals surface area contributed by atoms with Crippen molar-refractivity contribution >= 4 is 23.5 Å². The van der Waals surface area contributed by atoms with Crippen molar-refractivity contribution in [1.29, 1.82) is 0 Å². The van der Waals surface area contributed by atoms with Crippen LogP contribution in [0.2, 0.25) is 0 Å². The quantitative estimate of drug-likeness (QED) is 0.378. The number of esters is 2. The first kappa shape index (κ1) is 27.7. The second kappa shape index (κ2) is 11.1. The largest absolute Gasteiger partial charge is 0.455 e. The molecule has 3 unspecified atom stereocenters. The van der Waals surface area contributed by atoms with E-state index in [1.807, 2.05) is 60.7 Å². The summed E-state index contributed by atoms with van der Waals surface area (Å²) in [5.41, 5.74) is 0.248. The minimum atomic E-state index is -1.95. The molecule has 1 amide bonds. The van der Waals surface area contributed by atoms with Gasteiger partial charge in [-0.15, -0.1) is 0 Å². The number of likely N-dealkylation sites (tertiary alicyclic amines) is 1. The van der Waals surface area contributed by atoms with E-state index in [0.29, 0.717) is 37.2 Å². The number of amides is 1. The molecule has 3 fully saturated rings. The summed E-state index contributed by atoms with van der Waals surface area (Å²) in [6.45, 7) is 5.71. The van der Waals surface area contributed by atoms with Crippen LogP contribution in [-0.4, -0.2) is 59.3 Å². The number of carbonyl (C=O) groups is 3. The molecule has 1 saturated carbocycles. The first-order chi connectivity index (χ1) is 19.8. The first-order valence-corrected chi connectivity index (χ1v) is 14.8. The maximum atomic E-state index is 14.2. The number of carbonyl (C=O) groups excluding carboxylic acids is 3. The van der Waals surface area contributed by atoms with Gasteiger partial charge in [-0.2, -0.15) is 0 Å². The lowest BCUT2D eigenvalue weighted by Crippen LogP contribution is -2.90. The summed E-state index contributed by atoms with van der Waals surface area (Å²) >= 11 is 0. The molecular formula is C33H38N2O6. The summed E-state index contributed by atoms with van der Waals surface area (Å²) in [6, 6.07) is 19.1. The zero-order valence-corrected chi connectivity index (χ0v) is 23.7. The van der Waals surface area contributed by atoms with Gasteiger partial charge in [0.05, 0.1) is 6.61 Å². The summed E-state index contributed by atoms with van der Waals surface area (Å²) in [7, 11) is 0. The standard InChI is InChI=1S/C33H38N2O6/c1-23(2)25-13-15-26(16-14-25)34-20-19-32-28(21-34)40-29(36)17-18-30(37)41-33(32,39-22-24-9-5-3-6-10-24)31(38)35(32)27-11-7-4-8-12-27/h3-12,17-18,23,25-26,28H,13-16,19-22H2,1-2H3/b18-17+. The Bertz CT molecular complexity index is 1310. The van der Waals surface area contributed by atoms with Gasteiger partial charge in [-0.3, -0.25) is 14.6 Å².